The third-order valence-corrected chi connectivity index (χ3v) is 2.91. The first kappa shape index (κ1) is 10.4. The highest BCUT2D eigenvalue weighted by atomic mass is 35.5. The molecular formula is C11H13ClN2O. The summed E-state index contributed by atoms with van der Waals surface area (Å²) in [5.41, 5.74) is 3.32. The zero-order valence-electron chi connectivity index (χ0n) is 8.42. The summed E-state index contributed by atoms with van der Waals surface area (Å²) in [6.45, 7) is 0. The average Bonchev–Trinajstić information content (AvgIpc) is 2.29. The molecule has 0 bridgehead atoms. The number of fused-ring (bicyclic) bond motifs is 1. The molecule has 4 heteroatoms. The number of alkyl halides is 1. The lowest BCUT2D eigenvalue weighted by Crippen LogP contribution is -2.16. The van der Waals surface area contributed by atoms with Crippen LogP contribution in [0.1, 0.15) is 24.0 Å². The molecule has 0 atom stereocenters. The number of anilines is 1. The zero-order valence-corrected chi connectivity index (χ0v) is 9.18. The number of nitrogens with zero attached hydrogens (tertiary/aromatic N) is 1. The van der Waals surface area contributed by atoms with E-state index >= 15 is 0 Å². The number of carbonyl (C=O) groups is 1. The van der Waals surface area contributed by atoms with Gasteiger partial charge in [0.05, 0.1) is 11.9 Å². The van der Waals surface area contributed by atoms with Crippen LogP contribution in [0, 0.1) is 0 Å². The van der Waals surface area contributed by atoms with E-state index in [0.29, 0.717) is 0 Å². The lowest BCUT2D eigenvalue weighted by molar-refractivity contribution is -0.113. The maximum absolute atomic E-state index is 11.2. The summed E-state index contributed by atoms with van der Waals surface area (Å²) < 4.78 is 0. The molecule has 0 saturated carbocycles. The molecule has 1 amide bonds. The number of halogens is 1. The second-order valence-corrected chi connectivity index (χ2v) is 3.98. The number of nitrogens with one attached hydrogen (secondary N) is 1. The van der Waals surface area contributed by atoms with E-state index in [9.17, 15) is 4.79 Å². The van der Waals surface area contributed by atoms with Gasteiger partial charge in [-0.1, -0.05) is 0 Å². The number of aromatic nitrogens is 1. The Morgan fingerprint density at radius 1 is 1.40 bits per heavy atom. The highest BCUT2D eigenvalue weighted by Gasteiger charge is 2.14. The molecule has 0 aliphatic heterocycles. The van der Waals surface area contributed by atoms with Crippen LogP contribution in [0.25, 0.3) is 0 Å². The SMILES string of the molecule is O=C(CCl)Nc1cncc2c1CCCC2. The predicted molar refractivity (Wildman–Crippen MR) is 60.2 cm³/mol. The van der Waals surface area contributed by atoms with Gasteiger partial charge in [0.25, 0.3) is 0 Å². The normalized spacial score (nSPS) is 14.5. The third-order valence-electron chi connectivity index (χ3n) is 2.67. The van der Waals surface area contributed by atoms with E-state index in [0.717, 1.165) is 18.5 Å². The van der Waals surface area contributed by atoms with Gasteiger partial charge in [0.15, 0.2) is 0 Å². The first-order valence-electron chi connectivity index (χ1n) is 5.13. The summed E-state index contributed by atoms with van der Waals surface area (Å²) in [4.78, 5) is 15.3. The van der Waals surface area contributed by atoms with Gasteiger partial charge in [-0.3, -0.25) is 9.78 Å². The van der Waals surface area contributed by atoms with Crippen LogP contribution in [0.4, 0.5) is 5.69 Å². The molecule has 80 valence electrons. The zero-order chi connectivity index (χ0) is 10.7. The lowest BCUT2D eigenvalue weighted by atomic mass is 9.92. The molecule has 0 unspecified atom stereocenters. The predicted octanol–water partition coefficient (Wildman–Crippen LogP) is 2.14. The van der Waals surface area contributed by atoms with Crippen molar-refractivity contribution in [1.29, 1.82) is 0 Å². The summed E-state index contributed by atoms with van der Waals surface area (Å²) in [5.74, 6) is -0.179. The van der Waals surface area contributed by atoms with Crippen molar-refractivity contribution in [3.8, 4) is 0 Å². The first-order valence-corrected chi connectivity index (χ1v) is 5.66. The topological polar surface area (TPSA) is 42.0 Å². The number of carbonyl (C=O) groups excluding carboxylic acids is 1. The van der Waals surface area contributed by atoms with Crippen LogP contribution in [0.5, 0.6) is 0 Å². The van der Waals surface area contributed by atoms with Crippen LogP contribution in [-0.4, -0.2) is 16.8 Å². The summed E-state index contributed by atoms with van der Waals surface area (Å²) in [6, 6.07) is 0. The Morgan fingerprint density at radius 3 is 3.00 bits per heavy atom. The highest BCUT2D eigenvalue weighted by Crippen LogP contribution is 2.26. The number of amides is 1. The summed E-state index contributed by atoms with van der Waals surface area (Å²) in [7, 11) is 0. The molecule has 0 spiro atoms. The largest absolute Gasteiger partial charge is 0.323 e. The van der Waals surface area contributed by atoms with Gasteiger partial charge in [-0.2, -0.15) is 0 Å². The second kappa shape index (κ2) is 4.62. The lowest BCUT2D eigenvalue weighted by Gasteiger charge is -2.18. The van der Waals surface area contributed by atoms with Crippen LogP contribution in [0.3, 0.4) is 0 Å². The van der Waals surface area contributed by atoms with Gasteiger partial charge in [-0.15, -0.1) is 11.6 Å². The van der Waals surface area contributed by atoms with Crippen molar-refractivity contribution in [2.24, 2.45) is 0 Å². The quantitative estimate of drug-likeness (QED) is 0.783. The van der Waals surface area contributed by atoms with E-state index in [1.54, 1.807) is 6.20 Å². The molecule has 1 aromatic heterocycles. The van der Waals surface area contributed by atoms with Gasteiger partial charge in [0, 0.05) is 6.20 Å². The number of hydrogen-bond donors (Lipinski definition) is 1. The van der Waals surface area contributed by atoms with Gasteiger partial charge in [0.1, 0.15) is 5.88 Å². The Balaban J connectivity index is 2.27. The molecular weight excluding hydrogens is 212 g/mol. The molecule has 3 nitrogen and oxygen atoms in total. The van der Waals surface area contributed by atoms with Crippen LogP contribution in [0.15, 0.2) is 12.4 Å². The Morgan fingerprint density at radius 2 is 2.20 bits per heavy atom. The van der Waals surface area contributed by atoms with Gasteiger partial charge >= 0.3 is 0 Å². The molecule has 15 heavy (non-hydrogen) atoms. The van der Waals surface area contributed by atoms with Gasteiger partial charge < -0.3 is 5.32 Å². The Kier molecular flexibility index (Phi) is 3.21. The van der Waals surface area contributed by atoms with E-state index in [4.69, 9.17) is 11.6 Å². The van der Waals surface area contributed by atoms with E-state index in [1.807, 2.05) is 6.20 Å². The Labute approximate surface area is 93.8 Å². The van der Waals surface area contributed by atoms with Crippen molar-refractivity contribution < 1.29 is 4.79 Å². The molecule has 0 saturated heterocycles. The molecule has 1 aromatic rings. The van der Waals surface area contributed by atoms with E-state index < -0.39 is 0 Å². The number of hydrogen-bond acceptors (Lipinski definition) is 2. The smallest absolute Gasteiger partial charge is 0.239 e. The van der Waals surface area contributed by atoms with Crippen molar-refractivity contribution in [3.63, 3.8) is 0 Å². The first-order chi connectivity index (χ1) is 7.31. The average molecular weight is 225 g/mol. The third kappa shape index (κ3) is 2.29. The van der Waals surface area contributed by atoms with E-state index in [1.165, 1.54) is 24.0 Å². The van der Waals surface area contributed by atoms with Gasteiger partial charge in [0.2, 0.25) is 5.91 Å². The van der Waals surface area contributed by atoms with Gasteiger partial charge in [-0.25, -0.2) is 0 Å². The summed E-state index contributed by atoms with van der Waals surface area (Å²) in [6.07, 6.45) is 8.07. The maximum atomic E-state index is 11.2. The van der Waals surface area contributed by atoms with Crippen molar-refractivity contribution in [2.45, 2.75) is 25.7 Å². The van der Waals surface area contributed by atoms with E-state index in [-0.39, 0.29) is 11.8 Å². The fourth-order valence-corrected chi connectivity index (χ4v) is 2.02. The molecule has 1 aliphatic carbocycles. The minimum Gasteiger partial charge on any atom is -0.323 e. The molecule has 2 rings (SSSR count). The standard InChI is InChI=1S/C11H13ClN2O/c12-5-11(15)14-10-7-13-6-8-3-1-2-4-9(8)10/h6-7H,1-5H2,(H,14,15). The van der Waals surface area contributed by atoms with E-state index in [2.05, 4.69) is 10.3 Å². The molecule has 0 aromatic carbocycles. The van der Waals surface area contributed by atoms with Crippen LogP contribution < -0.4 is 5.32 Å². The van der Waals surface area contributed by atoms with Crippen LogP contribution in [-0.2, 0) is 17.6 Å². The fourth-order valence-electron chi connectivity index (χ4n) is 1.95. The van der Waals surface area contributed by atoms with Crippen LogP contribution >= 0.6 is 11.6 Å². The minimum atomic E-state index is -0.169. The van der Waals surface area contributed by atoms with Crippen molar-refractivity contribution in [2.75, 3.05) is 11.2 Å². The molecule has 1 heterocycles. The van der Waals surface area contributed by atoms with Crippen molar-refractivity contribution in [3.05, 3.63) is 23.5 Å². The number of pyridine rings is 1. The maximum Gasteiger partial charge on any atom is 0.239 e. The van der Waals surface area contributed by atoms with Crippen molar-refractivity contribution >= 4 is 23.2 Å². The summed E-state index contributed by atoms with van der Waals surface area (Å²) in [5, 5.41) is 2.79. The molecule has 0 fully saturated rings. The highest BCUT2D eigenvalue weighted by molar-refractivity contribution is 6.29. The molecule has 1 aliphatic rings. The molecule has 0 radical (unpaired) electrons. The fraction of sp³-hybridized carbons (Fsp3) is 0.455. The number of rotatable bonds is 2. The molecule has 1 N–H and O–H groups in total. The Bertz CT molecular complexity index is 379. The van der Waals surface area contributed by atoms with Crippen molar-refractivity contribution in [1.82, 2.24) is 4.98 Å². The monoisotopic (exact) mass is 224 g/mol. The summed E-state index contributed by atoms with van der Waals surface area (Å²) >= 11 is 5.45. The minimum absolute atomic E-state index is 0.0103. The van der Waals surface area contributed by atoms with Gasteiger partial charge in [-0.05, 0) is 36.8 Å². The second-order valence-electron chi connectivity index (χ2n) is 3.71. The van der Waals surface area contributed by atoms with Crippen LogP contribution in [0.2, 0.25) is 0 Å². The Hall–Kier alpha value is -1.09. The number of aryl methyl sites for hydroxylation is 1.